The smallest absolute Gasteiger partial charge is 0.312 e. The van der Waals surface area contributed by atoms with Gasteiger partial charge in [0.1, 0.15) is 5.00 Å². The third-order valence-electron chi connectivity index (χ3n) is 4.81. The highest BCUT2D eigenvalue weighted by molar-refractivity contribution is 7.17. The Kier molecular flexibility index (Phi) is 7.55. The van der Waals surface area contributed by atoms with Gasteiger partial charge in [-0.1, -0.05) is 30.3 Å². The molecule has 0 bridgehead atoms. The molecule has 0 saturated heterocycles. The number of aliphatic imine (C=N–C) groups is 1. The van der Waals surface area contributed by atoms with Gasteiger partial charge >= 0.3 is 6.03 Å². The minimum atomic E-state index is -0.642. The molecule has 8 nitrogen and oxygen atoms in total. The molecule has 9 heteroatoms. The second-order valence-corrected chi connectivity index (χ2v) is 8.08. The normalized spacial score (nSPS) is 13.4. The van der Waals surface area contributed by atoms with Crippen molar-refractivity contribution in [3.8, 4) is 0 Å². The van der Waals surface area contributed by atoms with E-state index in [0.29, 0.717) is 19.5 Å². The summed E-state index contributed by atoms with van der Waals surface area (Å²) >= 11 is 1.46. The Labute approximate surface area is 184 Å². The second kappa shape index (κ2) is 10.5. The van der Waals surface area contributed by atoms with Crippen LogP contribution in [0.15, 0.2) is 41.4 Å². The molecule has 4 amide bonds. The number of anilines is 1. The van der Waals surface area contributed by atoms with E-state index in [9.17, 15) is 14.4 Å². The number of nitrogens with two attached hydrogens (primary N) is 1. The Morgan fingerprint density at radius 2 is 2.03 bits per heavy atom. The number of primary amides is 1. The number of fused-ring (bicyclic) bond motifs is 1. The summed E-state index contributed by atoms with van der Waals surface area (Å²) in [4.78, 5) is 42.6. The van der Waals surface area contributed by atoms with Gasteiger partial charge in [0.05, 0.1) is 6.54 Å². The van der Waals surface area contributed by atoms with Crippen molar-refractivity contribution < 1.29 is 14.4 Å². The van der Waals surface area contributed by atoms with Crippen LogP contribution in [0.25, 0.3) is 6.08 Å². The van der Waals surface area contributed by atoms with E-state index >= 15 is 0 Å². The molecule has 2 heterocycles. The van der Waals surface area contributed by atoms with Crippen molar-refractivity contribution in [2.45, 2.75) is 19.4 Å². The summed E-state index contributed by atoms with van der Waals surface area (Å²) in [5, 5.41) is 6.11. The van der Waals surface area contributed by atoms with Crippen LogP contribution >= 0.6 is 11.3 Å². The minimum absolute atomic E-state index is 0.0464. The van der Waals surface area contributed by atoms with Crippen molar-refractivity contribution >= 4 is 46.5 Å². The second-order valence-electron chi connectivity index (χ2n) is 6.97. The van der Waals surface area contributed by atoms with Gasteiger partial charge in [0.2, 0.25) is 11.8 Å². The van der Waals surface area contributed by atoms with Crippen molar-refractivity contribution in [2.24, 2.45) is 10.7 Å². The maximum absolute atomic E-state index is 12.5. The van der Waals surface area contributed by atoms with Crippen LogP contribution in [0.5, 0.6) is 0 Å². The van der Waals surface area contributed by atoms with Crippen molar-refractivity contribution in [2.75, 3.05) is 25.5 Å². The maximum Gasteiger partial charge on any atom is 0.312 e. The van der Waals surface area contributed by atoms with Gasteiger partial charge in [-0.2, -0.15) is 0 Å². The fourth-order valence-corrected chi connectivity index (χ4v) is 4.58. The highest BCUT2D eigenvalue weighted by atomic mass is 32.1. The molecule has 0 spiro atoms. The predicted octanol–water partition coefficient (Wildman–Crippen LogP) is 2.39. The van der Waals surface area contributed by atoms with Crippen molar-refractivity contribution in [3.63, 3.8) is 0 Å². The largest absolute Gasteiger partial charge is 0.352 e. The summed E-state index contributed by atoms with van der Waals surface area (Å²) in [7, 11) is 1.69. The molecule has 0 unspecified atom stereocenters. The average Bonchev–Trinajstić information content (AvgIpc) is 3.09. The molecule has 31 heavy (non-hydrogen) atoms. The first-order chi connectivity index (χ1) is 15.0. The molecule has 3 rings (SSSR count). The standard InChI is InChI=1S/C22H25N5O3S/c1-24-13-17-16-10-12-27(20(29)9-11-25-22(23)30)14-18(16)31-21(17)26-19(28)8-7-15-5-3-2-4-6-15/h2-8,13H,9-12,14H2,1H3,(H,26,28)(H3,23,25,30)/b8-7+,24-13?. The Balaban J connectivity index is 1.70. The molecule has 1 aromatic heterocycles. The number of carbonyl (C=O) groups excluding carboxylic acids is 3. The molecule has 2 aromatic rings. The van der Waals surface area contributed by atoms with Gasteiger partial charge in [-0.15, -0.1) is 11.3 Å². The van der Waals surface area contributed by atoms with Gasteiger partial charge in [0, 0.05) is 49.3 Å². The Bertz CT molecular complexity index is 1010. The number of amides is 4. The lowest BCUT2D eigenvalue weighted by atomic mass is 10.0. The van der Waals surface area contributed by atoms with Gasteiger partial charge in [0.15, 0.2) is 0 Å². The van der Waals surface area contributed by atoms with Crippen LogP contribution in [-0.2, 0) is 22.6 Å². The van der Waals surface area contributed by atoms with Crippen LogP contribution in [0.3, 0.4) is 0 Å². The number of thiophene rings is 1. The first-order valence-corrected chi connectivity index (χ1v) is 10.7. The van der Waals surface area contributed by atoms with Gasteiger partial charge in [0.25, 0.3) is 0 Å². The van der Waals surface area contributed by atoms with E-state index < -0.39 is 6.03 Å². The van der Waals surface area contributed by atoms with Crippen LogP contribution in [0.1, 0.15) is 28.0 Å². The average molecular weight is 440 g/mol. The van der Waals surface area contributed by atoms with Gasteiger partial charge < -0.3 is 21.3 Å². The van der Waals surface area contributed by atoms with E-state index in [1.165, 1.54) is 17.4 Å². The molecule has 162 valence electrons. The molecule has 1 aliphatic heterocycles. The monoisotopic (exact) mass is 439 g/mol. The summed E-state index contributed by atoms with van der Waals surface area (Å²) in [6, 6.07) is 8.96. The van der Waals surface area contributed by atoms with E-state index in [1.807, 2.05) is 30.3 Å². The van der Waals surface area contributed by atoms with E-state index in [0.717, 1.165) is 26.6 Å². The molecule has 0 atom stereocenters. The zero-order valence-electron chi connectivity index (χ0n) is 17.3. The van der Waals surface area contributed by atoms with E-state index in [2.05, 4.69) is 15.6 Å². The molecule has 0 saturated carbocycles. The zero-order valence-corrected chi connectivity index (χ0v) is 18.1. The Hall–Kier alpha value is -3.46. The maximum atomic E-state index is 12.5. The number of hydrogen-bond donors (Lipinski definition) is 3. The van der Waals surface area contributed by atoms with Crippen LogP contribution in [0.2, 0.25) is 0 Å². The van der Waals surface area contributed by atoms with Crippen molar-refractivity contribution in [1.29, 1.82) is 0 Å². The highest BCUT2D eigenvalue weighted by Gasteiger charge is 2.26. The lowest BCUT2D eigenvalue weighted by molar-refractivity contribution is -0.131. The van der Waals surface area contributed by atoms with Crippen molar-refractivity contribution in [3.05, 3.63) is 58.0 Å². The molecule has 0 radical (unpaired) electrons. The molecular formula is C22H25N5O3S. The number of nitrogens with one attached hydrogen (secondary N) is 2. The summed E-state index contributed by atoms with van der Waals surface area (Å²) in [5.74, 6) is -0.270. The van der Waals surface area contributed by atoms with Gasteiger partial charge in [-0.3, -0.25) is 14.6 Å². The topological polar surface area (TPSA) is 117 Å². The predicted molar refractivity (Wildman–Crippen MR) is 123 cm³/mol. The SMILES string of the molecule is CN=Cc1c(NC(=O)/C=C/c2ccccc2)sc2c1CCN(C(=O)CCNC(N)=O)C2. The minimum Gasteiger partial charge on any atom is -0.352 e. The molecule has 0 aliphatic carbocycles. The van der Waals surface area contributed by atoms with Crippen LogP contribution in [-0.4, -0.2) is 49.1 Å². The fourth-order valence-electron chi connectivity index (χ4n) is 3.34. The number of carbonyl (C=O) groups is 3. The first kappa shape index (κ1) is 22.2. The number of hydrogen-bond acceptors (Lipinski definition) is 5. The quantitative estimate of drug-likeness (QED) is 0.454. The third kappa shape index (κ3) is 6.02. The van der Waals surface area contributed by atoms with E-state index in [1.54, 1.807) is 24.2 Å². The van der Waals surface area contributed by atoms with Crippen LogP contribution in [0, 0.1) is 0 Å². The number of urea groups is 1. The first-order valence-electron chi connectivity index (χ1n) is 9.90. The Morgan fingerprint density at radius 3 is 2.74 bits per heavy atom. The van der Waals surface area contributed by atoms with Gasteiger partial charge in [-0.25, -0.2) is 4.79 Å². The summed E-state index contributed by atoms with van der Waals surface area (Å²) in [6.07, 6.45) is 5.89. The lowest BCUT2D eigenvalue weighted by Gasteiger charge is -2.27. The van der Waals surface area contributed by atoms with E-state index in [-0.39, 0.29) is 24.8 Å². The summed E-state index contributed by atoms with van der Waals surface area (Å²) in [5.41, 5.74) is 7.98. The van der Waals surface area contributed by atoms with Gasteiger partial charge in [-0.05, 0) is 23.6 Å². The highest BCUT2D eigenvalue weighted by Crippen LogP contribution is 2.36. The number of rotatable bonds is 7. The summed E-state index contributed by atoms with van der Waals surface area (Å²) in [6.45, 7) is 1.26. The Morgan fingerprint density at radius 1 is 1.26 bits per heavy atom. The fraction of sp³-hybridized carbons (Fsp3) is 0.273. The molecular weight excluding hydrogens is 414 g/mol. The number of nitrogens with zero attached hydrogens (tertiary/aromatic N) is 2. The molecule has 1 aliphatic rings. The zero-order chi connectivity index (χ0) is 22.2. The summed E-state index contributed by atoms with van der Waals surface area (Å²) < 4.78 is 0. The lowest BCUT2D eigenvalue weighted by Crippen LogP contribution is -2.38. The molecule has 0 fully saturated rings. The van der Waals surface area contributed by atoms with Crippen molar-refractivity contribution in [1.82, 2.24) is 10.2 Å². The molecule has 1 aromatic carbocycles. The van der Waals surface area contributed by atoms with Crippen LogP contribution < -0.4 is 16.4 Å². The molecule has 4 N–H and O–H groups in total. The van der Waals surface area contributed by atoms with Crippen LogP contribution in [0.4, 0.5) is 9.80 Å². The number of benzene rings is 1. The van der Waals surface area contributed by atoms with E-state index in [4.69, 9.17) is 5.73 Å². The third-order valence-corrected chi connectivity index (χ3v) is 5.96.